The van der Waals surface area contributed by atoms with Crippen LogP contribution in [0.3, 0.4) is 0 Å². The molecule has 15 heavy (non-hydrogen) atoms. The lowest BCUT2D eigenvalue weighted by molar-refractivity contribution is 1.20. The molecule has 0 aliphatic carbocycles. The van der Waals surface area contributed by atoms with E-state index in [0.717, 1.165) is 7.57 Å². The summed E-state index contributed by atoms with van der Waals surface area (Å²) in [5.41, 5.74) is 2.54. The van der Waals surface area contributed by atoms with Gasteiger partial charge in [0.05, 0.1) is 16.2 Å². The molecule has 0 amide bonds. The number of thiophene rings is 2. The van der Waals surface area contributed by atoms with Gasteiger partial charge in [-0.25, -0.2) is 0 Å². The molecule has 0 bridgehead atoms. The third-order valence-corrected chi connectivity index (χ3v) is 6.77. The number of rotatable bonds is 2. The van der Waals surface area contributed by atoms with Gasteiger partial charge in [0.2, 0.25) is 0 Å². The van der Waals surface area contributed by atoms with Crippen LogP contribution >= 0.6 is 86.4 Å². The van der Waals surface area contributed by atoms with Crippen molar-refractivity contribution in [2.75, 3.05) is 0 Å². The molecule has 0 fully saturated rings. The van der Waals surface area contributed by atoms with Crippen LogP contribution in [0.15, 0.2) is 28.9 Å². The maximum Gasteiger partial charge on any atom is 0.0757 e. The summed E-state index contributed by atoms with van der Waals surface area (Å²) < 4.78 is 3.47. The number of hydrogen-bond donors (Lipinski definition) is 0. The Bertz CT molecular complexity index is 474. The number of halogens is 4. The van der Waals surface area contributed by atoms with E-state index in [1.807, 2.05) is 0 Å². The van der Waals surface area contributed by atoms with Gasteiger partial charge in [-0.2, -0.15) is 0 Å². The zero-order valence-corrected chi connectivity index (χ0v) is 15.1. The van der Waals surface area contributed by atoms with Crippen LogP contribution in [0.2, 0.25) is 0 Å². The van der Waals surface area contributed by atoms with Crippen molar-refractivity contribution < 1.29 is 0 Å². The molecule has 2 rings (SSSR count). The Kier molecular flexibility index (Phi) is 4.52. The third kappa shape index (κ3) is 2.96. The highest BCUT2D eigenvalue weighted by Crippen LogP contribution is 2.43. The van der Waals surface area contributed by atoms with E-state index in [9.17, 15) is 0 Å². The summed E-state index contributed by atoms with van der Waals surface area (Å²) in [6, 6.07) is 4.28. The lowest BCUT2D eigenvalue weighted by Crippen LogP contribution is -1.87. The number of hydrogen-bond acceptors (Lipinski definition) is 2. The van der Waals surface area contributed by atoms with Crippen molar-refractivity contribution in [3.05, 3.63) is 40.0 Å². The fourth-order valence-corrected chi connectivity index (χ4v) is 6.52. The minimum Gasteiger partial charge on any atom is -0.136 e. The highest BCUT2D eigenvalue weighted by molar-refractivity contribution is 9.12. The van der Waals surface area contributed by atoms with Crippen molar-refractivity contribution >= 4 is 86.4 Å². The molecule has 0 saturated heterocycles. The van der Waals surface area contributed by atoms with E-state index in [1.165, 1.54) is 14.9 Å². The lowest BCUT2D eigenvalue weighted by Gasteiger charge is -2.05. The largest absolute Gasteiger partial charge is 0.136 e. The van der Waals surface area contributed by atoms with Gasteiger partial charge in [-0.05, 0) is 76.4 Å². The monoisotopic (exact) mass is 492 g/mol. The Morgan fingerprint density at radius 3 is 2.27 bits per heavy atom. The van der Waals surface area contributed by atoms with E-state index in [4.69, 9.17) is 0 Å². The van der Waals surface area contributed by atoms with Crippen molar-refractivity contribution in [3.8, 4) is 0 Å². The van der Waals surface area contributed by atoms with E-state index in [0.29, 0.717) is 0 Å². The first-order valence-corrected chi connectivity index (χ1v) is 8.89. The van der Waals surface area contributed by atoms with Crippen LogP contribution in [0.5, 0.6) is 0 Å². The van der Waals surface area contributed by atoms with Crippen LogP contribution in [0.25, 0.3) is 0 Å². The van der Waals surface area contributed by atoms with E-state index in [-0.39, 0.29) is 4.83 Å². The standard InChI is InChI=1S/C9H4Br4S2/c10-6-1-4(3-14-6)8(12)5-2-7(11)15-9(5)13/h1-3,8H. The van der Waals surface area contributed by atoms with Gasteiger partial charge >= 0.3 is 0 Å². The quantitative estimate of drug-likeness (QED) is 0.413. The average molecular weight is 496 g/mol. The molecule has 1 unspecified atom stereocenters. The topological polar surface area (TPSA) is 0 Å². The van der Waals surface area contributed by atoms with Gasteiger partial charge in [-0.1, -0.05) is 15.9 Å². The van der Waals surface area contributed by atoms with Gasteiger partial charge in [-0.15, -0.1) is 22.7 Å². The summed E-state index contributed by atoms with van der Waals surface area (Å²) in [7, 11) is 0. The molecule has 2 heterocycles. The molecule has 0 spiro atoms. The zero-order chi connectivity index (χ0) is 11.0. The van der Waals surface area contributed by atoms with Crippen molar-refractivity contribution in [1.29, 1.82) is 0 Å². The molecule has 0 N–H and O–H groups in total. The summed E-state index contributed by atoms with van der Waals surface area (Å²) in [6.45, 7) is 0. The van der Waals surface area contributed by atoms with Gasteiger partial charge in [0.25, 0.3) is 0 Å². The first-order valence-electron chi connectivity index (χ1n) is 3.90. The first kappa shape index (κ1) is 12.8. The van der Waals surface area contributed by atoms with Crippen molar-refractivity contribution in [2.24, 2.45) is 0 Å². The SMILES string of the molecule is Brc1cc(C(Br)c2cc(Br)sc2Br)cs1. The third-order valence-electron chi connectivity index (χ3n) is 1.84. The highest BCUT2D eigenvalue weighted by Gasteiger charge is 2.17. The fraction of sp³-hybridized carbons (Fsp3) is 0.111. The van der Waals surface area contributed by atoms with E-state index >= 15 is 0 Å². The van der Waals surface area contributed by atoms with Gasteiger partial charge < -0.3 is 0 Å². The van der Waals surface area contributed by atoms with Crippen molar-refractivity contribution in [1.82, 2.24) is 0 Å². The fourth-order valence-electron chi connectivity index (χ4n) is 1.16. The van der Waals surface area contributed by atoms with Crippen LogP contribution in [-0.2, 0) is 0 Å². The maximum atomic E-state index is 3.71. The Labute approximate surface area is 130 Å². The predicted octanol–water partition coefficient (Wildman–Crippen LogP) is 6.58. The summed E-state index contributed by atoms with van der Waals surface area (Å²) in [4.78, 5) is 0.247. The normalized spacial score (nSPS) is 13.1. The Morgan fingerprint density at radius 2 is 1.80 bits per heavy atom. The van der Waals surface area contributed by atoms with Crippen LogP contribution in [0, 0.1) is 0 Å². The van der Waals surface area contributed by atoms with Gasteiger partial charge in [0.15, 0.2) is 0 Å². The smallest absolute Gasteiger partial charge is 0.0757 e. The maximum absolute atomic E-state index is 3.71. The summed E-state index contributed by atoms with van der Waals surface area (Å²) in [6.07, 6.45) is 0. The first-order chi connectivity index (χ1) is 7.08. The number of alkyl halides is 1. The molecule has 0 aromatic carbocycles. The molecular formula is C9H4Br4S2. The molecular weight excluding hydrogens is 492 g/mol. The predicted molar refractivity (Wildman–Crippen MR) is 82.5 cm³/mol. The minimum atomic E-state index is 0.247. The van der Waals surface area contributed by atoms with Crippen LogP contribution in [0.1, 0.15) is 16.0 Å². The molecule has 0 saturated carbocycles. The van der Waals surface area contributed by atoms with E-state index in [2.05, 4.69) is 81.2 Å². The average Bonchev–Trinajstić information content (AvgIpc) is 2.71. The van der Waals surface area contributed by atoms with Gasteiger partial charge in [-0.3, -0.25) is 0 Å². The molecule has 0 aliphatic rings. The summed E-state index contributed by atoms with van der Waals surface area (Å²) >= 11 is 17.6. The summed E-state index contributed by atoms with van der Waals surface area (Å²) in [5.74, 6) is 0. The second-order valence-electron chi connectivity index (χ2n) is 2.83. The van der Waals surface area contributed by atoms with Crippen LogP contribution in [-0.4, -0.2) is 0 Å². The molecule has 1 atom stereocenters. The van der Waals surface area contributed by atoms with Crippen molar-refractivity contribution in [3.63, 3.8) is 0 Å². The van der Waals surface area contributed by atoms with Gasteiger partial charge in [0, 0.05) is 0 Å². The molecule has 80 valence electrons. The molecule has 0 radical (unpaired) electrons. The van der Waals surface area contributed by atoms with Crippen LogP contribution < -0.4 is 0 Å². The molecule has 6 heteroatoms. The van der Waals surface area contributed by atoms with Crippen molar-refractivity contribution in [2.45, 2.75) is 4.83 Å². The van der Waals surface area contributed by atoms with Gasteiger partial charge in [0.1, 0.15) is 0 Å². The summed E-state index contributed by atoms with van der Waals surface area (Å²) in [5, 5.41) is 2.15. The van der Waals surface area contributed by atoms with E-state index < -0.39 is 0 Å². The second-order valence-corrected chi connectivity index (χ2v) is 9.78. The molecule has 0 nitrogen and oxygen atoms in total. The molecule has 2 aromatic heterocycles. The van der Waals surface area contributed by atoms with E-state index in [1.54, 1.807) is 22.7 Å². The Morgan fingerprint density at radius 1 is 1.07 bits per heavy atom. The second kappa shape index (κ2) is 5.31. The molecule has 0 aliphatic heterocycles. The molecule has 2 aromatic rings. The lowest BCUT2D eigenvalue weighted by atomic mass is 10.1. The minimum absolute atomic E-state index is 0.247. The highest BCUT2D eigenvalue weighted by atomic mass is 79.9. The Balaban J connectivity index is 2.35. The zero-order valence-electron chi connectivity index (χ0n) is 7.14. The van der Waals surface area contributed by atoms with Crippen LogP contribution in [0.4, 0.5) is 0 Å². The Hall–Kier alpha value is 1.32.